The van der Waals surface area contributed by atoms with Gasteiger partial charge in [0.2, 0.25) is 5.91 Å². The molecule has 5 rings (SSSR count). The number of benzene rings is 3. The number of nitrogens with zero attached hydrogens (tertiary/aromatic N) is 4. The summed E-state index contributed by atoms with van der Waals surface area (Å²) in [5, 5.41) is 0. The van der Waals surface area contributed by atoms with Gasteiger partial charge in [-0.15, -0.1) is 0 Å². The largest absolute Gasteiger partial charge is 0.379 e. The number of rotatable bonds is 6. The Hall–Kier alpha value is -3.40. The molecule has 0 aromatic heterocycles. The van der Waals surface area contributed by atoms with Crippen molar-refractivity contribution in [2.45, 2.75) is 18.0 Å². The number of ether oxygens (including phenoxy) is 1. The van der Waals surface area contributed by atoms with Crippen molar-refractivity contribution in [3.8, 4) is 0 Å². The lowest BCUT2D eigenvalue weighted by Crippen LogP contribution is -2.48. The van der Waals surface area contributed by atoms with Gasteiger partial charge in [0.1, 0.15) is 0 Å². The van der Waals surface area contributed by atoms with Gasteiger partial charge < -0.3 is 9.64 Å². The lowest BCUT2D eigenvalue weighted by molar-refractivity contribution is -0.121. The predicted octanol–water partition coefficient (Wildman–Crippen LogP) is 3.63. The van der Waals surface area contributed by atoms with E-state index in [9.17, 15) is 13.2 Å². The van der Waals surface area contributed by atoms with E-state index in [1.165, 1.54) is 4.31 Å². The maximum absolute atomic E-state index is 14.2. The number of para-hydroxylation sites is 2. The number of anilines is 3. The van der Waals surface area contributed by atoms with Crippen LogP contribution in [0.4, 0.5) is 17.1 Å². The molecule has 0 N–H and O–H groups in total. The summed E-state index contributed by atoms with van der Waals surface area (Å²) in [6, 6.07) is 21.7. The predicted molar refractivity (Wildman–Crippen MR) is 146 cm³/mol. The van der Waals surface area contributed by atoms with Crippen LogP contribution in [0.5, 0.6) is 0 Å². The molecule has 0 radical (unpaired) electrons. The number of aryl methyl sites for hydroxylation is 1. The Morgan fingerprint density at radius 1 is 0.919 bits per heavy atom. The van der Waals surface area contributed by atoms with Gasteiger partial charge in [-0.1, -0.05) is 42.0 Å². The zero-order chi connectivity index (χ0) is 26.2. The molecule has 1 unspecified atom stereocenters. The Kier molecular flexibility index (Phi) is 6.94. The smallest absolute Gasteiger partial charge is 0.266 e. The molecular weight excluding hydrogens is 488 g/mol. The highest BCUT2D eigenvalue weighted by Crippen LogP contribution is 2.49. The van der Waals surface area contributed by atoms with Gasteiger partial charge in [-0.05, 0) is 48.9 Å². The summed E-state index contributed by atoms with van der Waals surface area (Å²) in [7, 11) is -0.0945. The van der Waals surface area contributed by atoms with Crippen LogP contribution >= 0.6 is 0 Å². The molecule has 0 bridgehead atoms. The zero-order valence-electron chi connectivity index (χ0n) is 21.4. The third-order valence-corrected chi connectivity index (χ3v) is 8.64. The van der Waals surface area contributed by atoms with Gasteiger partial charge in [-0.25, -0.2) is 12.7 Å². The second-order valence-electron chi connectivity index (χ2n) is 9.61. The first kappa shape index (κ1) is 25.3. The Balaban J connectivity index is 1.64. The molecule has 0 saturated carbocycles. The number of hydrogen-bond donors (Lipinski definition) is 0. The molecule has 1 fully saturated rings. The van der Waals surface area contributed by atoms with E-state index in [-0.39, 0.29) is 17.3 Å². The summed E-state index contributed by atoms with van der Waals surface area (Å²) in [6.07, 6.45) is -0.853. The fourth-order valence-electron chi connectivity index (χ4n) is 4.83. The van der Waals surface area contributed by atoms with Gasteiger partial charge in [-0.2, -0.15) is 0 Å². The van der Waals surface area contributed by atoms with Crippen molar-refractivity contribution in [3.63, 3.8) is 0 Å². The molecule has 2 aliphatic heterocycles. The lowest BCUT2D eigenvalue weighted by Gasteiger charge is -2.34. The lowest BCUT2D eigenvalue weighted by atomic mass is 10.1. The topological polar surface area (TPSA) is 73.4 Å². The van der Waals surface area contributed by atoms with Crippen LogP contribution < -0.4 is 14.1 Å². The molecule has 0 spiro atoms. The zero-order valence-corrected chi connectivity index (χ0v) is 22.2. The Labute approximate surface area is 218 Å². The summed E-state index contributed by atoms with van der Waals surface area (Å²) in [4.78, 5) is 19.8. The van der Waals surface area contributed by atoms with Crippen LogP contribution in [0.25, 0.3) is 0 Å². The fraction of sp³-hybridized carbons (Fsp3) is 0.321. The maximum Gasteiger partial charge on any atom is 0.266 e. The molecule has 8 nitrogen and oxygen atoms in total. The van der Waals surface area contributed by atoms with Crippen LogP contribution in [0, 0.1) is 6.92 Å². The van der Waals surface area contributed by atoms with Crippen molar-refractivity contribution in [3.05, 3.63) is 83.9 Å². The first-order chi connectivity index (χ1) is 17.8. The average molecular weight is 521 g/mol. The number of sulfonamides is 1. The van der Waals surface area contributed by atoms with Crippen LogP contribution in [0.3, 0.4) is 0 Å². The number of amides is 1. The van der Waals surface area contributed by atoms with E-state index in [0.29, 0.717) is 43.2 Å². The minimum absolute atomic E-state index is 0.155. The third kappa shape index (κ3) is 4.82. The number of hydrogen-bond acceptors (Lipinski definition) is 6. The van der Waals surface area contributed by atoms with E-state index in [1.807, 2.05) is 62.3 Å². The van der Waals surface area contributed by atoms with E-state index >= 15 is 0 Å². The molecule has 1 saturated heterocycles. The van der Waals surface area contributed by atoms with Crippen LogP contribution in [0.15, 0.2) is 77.7 Å². The summed E-state index contributed by atoms with van der Waals surface area (Å²) in [5.41, 5.74) is 3.74. The van der Waals surface area contributed by atoms with Gasteiger partial charge in [-0.3, -0.25) is 14.6 Å². The number of carbonyl (C=O) groups is 1. The second kappa shape index (κ2) is 10.2. The normalized spacial score (nSPS) is 18.1. The molecular formula is C28H32N4O4S. The van der Waals surface area contributed by atoms with Crippen LogP contribution in [0.2, 0.25) is 0 Å². The molecule has 37 heavy (non-hydrogen) atoms. The highest BCUT2D eigenvalue weighted by molar-refractivity contribution is 7.92. The van der Waals surface area contributed by atoms with Crippen molar-refractivity contribution >= 4 is 33.0 Å². The van der Waals surface area contributed by atoms with Gasteiger partial charge in [0.25, 0.3) is 10.0 Å². The van der Waals surface area contributed by atoms with Gasteiger partial charge in [0, 0.05) is 32.9 Å². The summed E-state index contributed by atoms with van der Waals surface area (Å²) in [6.45, 7) is 4.58. The molecule has 2 aliphatic rings. The van der Waals surface area contributed by atoms with Crippen molar-refractivity contribution in [1.82, 2.24) is 4.90 Å². The van der Waals surface area contributed by atoms with Crippen LogP contribution in [-0.4, -0.2) is 66.2 Å². The van der Waals surface area contributed by atoms with Crippen LogP contribution in [0.1, 0.15) is 17.3 Å². The molecule has 1 atom stereocenters. The molecule has 9 heteroatoms. The minimum atomic E-state index is -4.00. The SMILES string of the molecule is Cc1ccc(S(=O)(=O)N2c3ccccc3N(C(=O)CN3CCOCC3)C2c2ccc(N(C)C)cc2)cc1. The Bertz CT molecular complexity index is 1370. The number of carbonyl (C=O) groups excluding carboxylic acids is 1. The standard InChI is InChI=1S/C28H32N4O4S/c1-21-8-14-24(15-9-21)37(34,35)32-26-7-5-4-6-25(26)31(27(33)20-30-16-18-36-19-17-30)28(32)22-10-12-23(13-11-22)29(2)3/h4-15,28H,16-20H2,1-3H3. The van der Waals surface area contributed by atoms with E-state index < -0.39 is 16.2 Å². The first-order valence-corrected chi connectivity index (χ1v) is 13.8. The number of morpholine rings is 1. The molecule has 2 heterocycles. The number of fused-ring (bicyclic) bond motifs is 1. The van der Waals surface area contributed by atoms with Crippen molar-refractivity contribution in [2.75, 3.05) is 61.0 Å². The minimum Gasteiger partial charge on any atom is -0.379 e. The summed E-state index contributed by atoms with van der Waals surface area (Å²) < 4.78 is 35.2. The molecule has 3 aromatic rings. The molecule has 1 amide bonds. The Morgan fingerprint density at radius 3 is 2.16 bits per heavy atom. The second-order valence-corrected chi connectivity index (χ2v) is 11.4. The van der Waals surface area contributed by atoms with E-state index in [1.54, 1.807) is 41.3 Å². The summed E-state index contributed by atoms with van der Waals surface area (Å²) in [5.74, 6) is -0.155. The van der Waals surface area contributed by atoms with Gasteiger partial charge in [0.15, 0.2) is 6.17 Å². The third-order valence-electron chi connectivity index (χ3n) is 6.86. The molecule has 3 aromatic carbocycles. The van der Waals surface area contributed by atoms with Crippen molar-refractivity contribution < 1.29 is 17.9 Å². The average Bonchev–Trinajstić information content (AvgIpc) is 3.26. The maximum atomic E-state index is 14.2. The van der Waals surface area contributed by atoms with E-state index in [2.05, 4.69) is 4.90 Å². The van der Waals surface area contributed by atoms with Crippen molar-refractivity contribution in [1.29, 1.82) is 0 Å². The first-order valence-electron chi connectivity index (χ1n) is 12.4. The quantitative estimate of drug-likeness (QED) is 0.494. The monoisotopic (exact) mass is 520 g/mol. The van der Waals surface area contributed by atoms with E-state index in [4.69, 9.17) is 4.74 Å². The summed E-state index contributed by atoms with van der Waals surface area (Å²) >= 11 is 0. The van der Waals surface area contributed by atoms with Crippen LogP contribution in [-0.2, 0) is 19.6 Å². The fourth-order valence-corrected chi connectivity index (χ4v) is 6.43. The Morgan fingerprint density at radius 2 is 1.54 bits per heavy atom. The highest BCUT2D eigenvalue weighted by Gasteiger charge is 2.46. The highest BCUT2D eigenvalue weighted by atomic mass is 32.2. The van der Waals surface area contributed by atoms with E-state index in [0.717, 1.165) is 11.3 Å². The molecule has 194 valence electrons. The van der Waals surface area contributed by atoms with Gasteiger partial charge >= 0.3 is 0 Å². The van der Waals surface area contributed by atoms with Gasteiger partial charge in [0.05, 0.1) is 36.0 Å². The molecule has 0 aliphatic carbocycles. The van der Waals surface area contributed by atoms with Crippen molar-refractivity contribution in [2.24, 2.45) is 0 Å².